The molecule has 0 atom stereocenters. The fourth-order valence-corrected chi connectivity index (χ4v) is 2.11. The fraction of sp³-hybridized carbons (Fsp3) is 0.417. The van der Waals surface area contributed by atoms with Gasteiger partial charge in [-0.15, -0.1) is 0 Å². The third-order valence-corrected chi connectivity index (χ3v) is 3.07. The number of aromatic carboxylic acids is 1. The summed E-state index contributed by atoms with van der Waals surface area (Å²) in [5, 5.41) is 9.09. The molecule has 0 radical (unpaired) electrons. The molecule has 1 fully saturated rings. The normalized spacial score (nSPS) is 15.2. The Hall–Kier alpha value is -1.95. The topological polar surface area (TPSA) is 76.7 Å². The van der Waals surface area contributed by atoms with Crippen molar-refractivity contribution in [1.82, 2.24) is 14.4 Å². The monoisotopic (exact) mass is 247 g/mol. The maximum atomic E-state index is 11.1. The molecule has 2 aromatic heterocycles. The molecule has 0 aliphatic heterocycles. The van der Waals surface area contributed by atoms with Crippen molar-refractivity contribution in [2.75, 3.05) is 7.11 Å². The van der Waals surface area contributed by atoms with E-state index in [-0.39, 0.29) is 5.69 Å². The van der Waals surface area contributed by atoms with Gasteiger partial charge in [-0.05, 0) is 24.8 Å². The van der Waals surface area contributed by atoms with E-state index < -0.39 is 5.97 Å². The molecule has 6 heteroatoms. The zero-order valence-corrected chi connectivity index (χ0v) is 9.96. The summed E-state index contributed by atoms with van der Waals surface area (Å²) >= 11 is 0. The summed E-state index contributed by atoms with van der Waals surface area (Å²) in [5.41, 5.74) is 2.22. The van der Waals surface area contributed by atoms with E-state index in [4.69, 9.17) is 9.84 Å². The molecular weight excluding hydrogens is 234 g/mol. The number of fused-ring (bicyclic) bond motifs is 1. The quantitative estimate of drug-likeness (QED) is 0.884. The molecule has 1 aliphatic rings. The molecule has 2 aromatic rings. The molecule has 1 aliphatic carbocycles. The molecule has 3 rings (SSSR count). The third-order valence-electron chi connectivity index (χ3n) is 3.07. The maximum Gasteiger partial charge on any atom is 0.358 e. The summed E-state index contributed by atoms with van der Waals surface area (Å²) in [4.78, 5) is 19.3. The predicted molar refractivity (Wildman–Crippen MR) is 62.6 cm³/mol. The van der Waals surface area contributed by atoms with Crippen molar-refractivity contribution >= 4 is 11.6 Å². The largest absolute Gasteiger partial charge is 0.476 e. The molecule has 0 spiro atoms. The molecule has 2 heterocycles. The Balaban J connectivity index is 2.22. The summed E-state index contributed by atoms with van der Waals surface area (Å²) in [7, 11) is 1.59. The molecule has 1 N–H and O–H groups in total. The van der Waals surface area contributed by atoms with Crippen LogP contribution in [0.15, 0.2) is 12.4 Å². The molecule has 94 valence electrons. The standard InChI is InChI=1S/C12H13N3O3/c1-18-5-8-4-9(7-2-3-7)15-6-13-10(12(16)17)11(15)14-8/h4,6-7H,2-3,5H2,1H3,(H,16,17). The van der Waals surface area contributed by atoms with Gasteiger partial charge in [-0.25, -0.2) is 14.8 Å². The summed E-state index contributed by atoms with van der Waals surface area (Å²) in [6.45, 7) is 0.375. The number of hydrogen-bond acceptors (Lipinski definition) is 4. The highest BCUT2D eigenvalue weighted by molar-refractivity contribution is 5.92. The summed E-state index contributed by atoms with van der Waals surface area (Å²) in [6.07, 6.45) is 3.80. The van der Waals surface area contributed by atoms with Gasteiger partial charge < -0.3 is 9.84 Å². The Labute approximate surface area is 103 Å². The predicted octanol–water partition coefficient (Wildman–Crippen LogP) is 1.45. The van der Waals surface area contributed by atoms with Crippen molar-refractivity contribution < 1.29 is 14.6 Å². The molecule has 0 saturated heterocycles. The number of hydrogen-bond donors (Lipinski definition) is 1. The molecule has 18 heavy (non-hydrogen) atoms. The number of imidazole rings is 1. The van der Waals surface area contributed by atoms with Crippen LogP contribution in [0.2, 0.25) is 0 Å². The number of ether oxygens (including phenoxy) is 1. The van der Waals surface area contributed by atoms with Crippen LogP contribution >= 0.6 is 0 Å². The van der Waals surface area contributed by atoms with Gasteiger partial charge >= 0.3 is 5.97 Å². The Morgan fingerprint density at radius 3 is 3.00 bits per heavy atom. The molecule has 0 amide bonds. The third kappa shape index (κ3) is 1.74. The number of rotatable bonds is 4. The van der Waals surface area contributed by atoms with Crippen LogP contribution in [0.5, 0.6) is 0 Å². The Morgan fingerprint density at radius 2 is 2.39 bits per heavy atom. The molecule has 0 bridgehead atoms. The van der Waals surface area contributed by atoms with Gasteiger partial charge in [-0.3, -0.25) is 4.40 Å². The Morgan fingerprint density at radius 1 is 1.61 bits per heavy atom. The molecule has 1 saturated carbocycles. The van der Waals surface area contributed by atoms with Crippen LogP contribution in [0.4, 0.5) is 0 Å². The van der Waals surface area contributed by atoms with Crippen LogP contribution in [-0.2, 0) is 11.3 Å². The molecule has 0 unspecified atom stereocenters. The average molecular weight is 247 g/mol. The number of aromatic nitrogens is 3. The van der Waals surface area contributed by atoms with Crippen LogP contribution in [0.25, 0.3) is 5.65 Å². The number of methoxy groups -OCH3 is 1. The van der Waals surface area contributed by atoms with Crippen molar-refractivity contribution in [3.63, 3.8) is 0 Å². The van der Waals surface area contributed by atoms with E-state index in [1.165, 1.54) is 6.33 Å². The van der Waals surface area contributed by atoms with Gasteiger partial charge in [0.1, 0.15) is 6.33 Å². The van der Waals surface area contributed by atoms with Crippen LogP contribution in [-0.4, -0.2) is 32.6 Å². The summed E-state index contributed by atoms with van der Waals surface area (Å²) in [5.74, 6) is -0.566. The smallest absolute Gasteiger partial charge is 0.358 e. The first kappa shape index (κ1) is 11.2. The maximum absolute atomic E-state index is 11.1. The lowest BCUT2D eigenvalue weighted by molar-refractivity contribution is 0.0693. The molecule has 6 nitrogen and oxygen atoms in total. The van der Waals surface area contributed by atoms with E-state index in [2.05, 4.69) is 9.97 Å². The van der Waals surface area contributed by atoms with E-state index >= 15 is 0 Å². The van der Waals surface area contributed by atoms with Gasteiger partial charge in [0.15, 0.2) is 11.3 Å². The Kier molecular flexibility index (Phi) is 2.52. The van der Waals surface area contributed by atoms with Gasteiger partial charge in [0.2, 0.25) is 0 Å². The lowest BCUT2D eigenvalue weighted by atomic mass is 10.2. The Bertz CT molecular complexity index is 616. The van der Waals surface area contributed by atoms with Crippen LogP contribution in [0, 0.1) is 0 Å². The van der Waals surface area contributed by atoms with E-state index in [0.29, 0.717) is 18.2 Å². The minimum atomic E-state index is -1.05. The minimum Gasteiger partial charge on any atom is -0.476 e. The van der Waals surface area contributed by atoms with Gasteiger partial charge in [-0.2, -0.15) is 0 Å². The lowest BCUT2D eigenvalue weighted by Crippen LogP contribution is -2.05. The average Bonchev–Trinajstić information content (AvgIpc) is 3.08. The van der Waals surface area contributed by atoms with Crippen molar-refractivity contribution in [1.29, 1.82) is 0 Å². The number of carboxylic acid groups (broad SMARTS) is 1. The van der Waals surface area contributed by atoms with Gasteiger partial charge in [0.25, 0.3) is 0 Å². The van der Waals surface area contributed by atoms with Gasteiger partial charge in [-0.1, -0.05) is 0 Å². The highest BCUT2D eigenvalue weighted by Gasteiger charge is 2.28. The molecular formula is C12H13N3O3. The SMILES string of the molecule is COCc1cc(C2CC2)n2cnc(C(=O)O)c2n1. The van der Waals surface area contributed by atoms with E-state index in [1.54, 1.807) is 11.5 Å². The first-order valence-corrected chi connectivity index (χ1v) is 5.80. The number of carbonyl (C=O) groups is 1. The molecule has 0 aromatic carbocycles. The van der Waals surface area contributed by atoms with Crippen molar-refractivity contribution in [3.05, 3.63) is 29.5 Å². The second kappa shape index (κ2) is 4.06. The van der Waals surface area contributed by atoms with Gasteiger partial charge in [0.05, 0.1) is 12.3 Å². The zero-order chi connectivity index (χ0) is 12.7. The highest BCUT2D eigenvalue weighted by Crippen LogP contribution is 2.40. The first-order chi connectivity index (χ1) is 8.70. The van der Waals surface area contributed by atoms with Crippen molar-refractivity contribution in [2.45, 2.75) is 25.4 Å². The summed E-state index contributed by atoms with van der Waals surface area (Å²) < 4.78 is 6.85. The van der Waals surface area contributed by atoms with Crippen LogP contribution in [0.3, 0.4) is 0 Å². The second-order valence-corrected chi connectivity index (χ2v) is 4.47. The lowest BCUT2D eigenvalue weighted by Gasteiger charge is -2.07. The fourth-order valence-electron chi connectivity index (χ4n) is 2.11. The van der Waals surface area contributed by atoms with E-state index in [0.717, 1.165) is 24.2 Å². The van der Waals surface area contributed by atoms with Crippen molar-refractivity contribution in [3.8, 4) is 0 Å². The van der Waals surface area contributed by atoms with Gasteiger partial charge in [0, 0.05) is 12.8 Å². The first-order valence-electron chi connectivity index (χ1n) is 5.80. The highest BCUT2D eigenvalue weighted by atomic mass is 16.5. The zero-order valence-electron chi connectivity index (χ0n) is 9.96. The van der Waals surface area contributed by atoms with Crippen molar-refractivity contribution in [2.24, 2.45) is 0 Å². The number of nitrogens with zero attached hydrogens (tertiary/aromatic N) is 3. The van der Waals surface area contributed by atoms with Crippen LogP contribution < -0.4 is 0 Å². The summed E-state index contributed by atoms with van der Waals surface area (Å²) in [6, 6.07) is 1.97. The van der Waals surface area contributed by atoms with E-state index in [1.807, 2.05) is 6.07 Å². The van der Waals surface area contributed by atoms with Crippen LogP contribution in [0.1, 0.15) is 40.6 Å². The number of carboxylic acids is 1. The minimum absolute atomic E-state index is 0.00477. The van der Waals surface area contributed by atoms with E-state index in [9.17, 15) is 4.79 Å². The second-order valence-electron chi connectivity index (χ2n) is 4.47.